The van der Waals surface area contributed by atoms with Gasteiger partial charge in [0.15, 0.2) is 16.6 Å². The summed E-state index contributed by atoms with van der Waals surface area (Å²) >= 11 is 5.19. The number of pyridine rings is 1. The fraction of sp³-hybridized carbons (Fsp3) is 0.0625. The van der Waals surface area contributed by atoms with Crippen LogP contribution < -0.4 is 10.7 Å². The second kappa shape index (κ2) is 6.85. The van der Waals surface area contributed by atoms with Gasteiger partial charge in [0, 0.05) is 11.9 Å². The van der Waals surface area contributed by atoms with Gasteiger partial charge in [0.2, 0.25) is 0 Å². The quantitative estimate of drug-likeness (QED) is 0.386. The van der Waals surface area contributed by atoms with Gasteiger partial charge >= 0.3 is 0 Å². The second-order valence-electron chi connectivity index (χ2n) is 4.91. The molecule has 0 aliphatic rings. The summed E-state index contributed by atoms with van der Waals surface area (Å²) in [4.78, 5) is 11.7. The minimum Gasteiger partial charge on any atom is -0.336 e. The number of fused-ring (bicyclic) bond motifs is 1. The summed E-state index contributed by atoms with van der Waals surface area (Å²) in [6.07, 6.45) is 1.69. The Labute approximate surface area is 143 Å². The van der Waals surface area contributed by atoms with Gasteiger partial charge in [-0.1, -0.05) is 0 Å². The van der Waals surface area contributed by atoms with Crippen molar-refractivity contribution >= 4 is 39.9 Å². The minimum absolute atomic E-state index is 0.341. The highest BCUT2D eigenvalue weighted by Crippen LogP contribution is 2.09. The number of aromatic nitrogens is 3. The molecule has 118 valence electrons. The smallest absolute Gasteiger partial charge is 0.191 e. The van der Waals surface area contributed by atoms with Crippen LogP contribution in [0.3, 0.4) is 0 Å². The lowest BCUT2D eigenvalue weighted by molar-refractivity contribution is 1.03. The van der Waals surface area contributed by atoms with E-state index in [1.54, 1.807) is 30.5 Å². The number of nitriles is 1. The van der Waals surface area contributed by atoms with Crippen molar-refractivity contribution in [3.8, 4) is 6.07 Å². The van der Waals surface area contributed by atoms with Crippen molar-refractivity contribution in [2.24, 2.45) is 5.10 Å². The Bertz CT molecular complexity index is 917. The number of rotatable bonds is 3. The third kappa shape index (κ3) is 3.53. The number of hydrazone groups is 1. The molecule has 0 atom stereocenters. The first-order valence-electron chi connectivity index (χ1n) is 7.08. The van der Waals surface area contributed by atoms with Crippen LogP contribution in [0.15, 0.2) is 47.7 Å². The van der Waals surface area contributed by atoms with Crippen LogP contribution >= 0.6 is 12.2 Å². The maximum Gasteiger partial charge on any atom is 0.191 e. The average Bonchev–Trinajstić information content (AvgIpc) is 3.04. The summed E-state index contributed by atoms with van der Waals surface area (Å²) in [5, 5.41) is 16.3. The fourth-order valence-corrected chi connectivity index (χ4v) is 2.15. The van der Waals surface area contributed by atoms with Gasteiger partial charge in [0.25, 0.3) is 0 Å². The van der Waals surface area contributed by atoms with Crippen molar-refractivity contribution in [1.29, 1.82) is 5.26 Å². The van der Waals surface area contributed by atoms with Gasteiger partial charge in [-0.2, -0.15) is 10.4 Å². The highest BCUT2D eigenvalue weighted by molar-refractivity contribution is 7.80. The normalized spacial score (nSPS) is 11.1. The second-order valence-corrected chi connectivity index (χ2v) is 5.32. The number of anilines is 1. The van der Waals surface area contributed by atoms with Crippen LogP contribution in [0.5, 0.6) is 0 Å². The van der Waals surface area contributed by atoms with Gasteiger partial charge in [0.05, 0.1) is 17.1 Å². The first-order chi connectivity index (χ1) is 11.7. The zero-order valence-corrected chi connectivity index (χ0v) is 13.6. The number of hydrogen-bond donors (Lipinski definition) is 3. The minimum atomic E-state index is 0.341. The van der Waals surface area contributed by atoms with Crippen molar-refractivity contribution in [2.75, 3.05) is 5.32 Å². The molecule has 3 rings (SSSR count). The molecule has 3 N–H and O–H groups in total. The molecule has 0 aliphatic heterocycles. The number of nitrogens with one attached hydrogen (secondary N) is 3. The number of H-pyrrole nitrogens is 1. The predicted octanol–water partition coefficient (Wildman–Crippen LogP) is 2.54. The van der Waals surface area contributed by atoms with E-state index in [2.05, 4.69) is 36.9 Å². The molecule has 0 amide bonds. The van der Waals surface area contributed by atoms with E-state index < -0.39 is 0 Å². The van der Waals surface area contributed by atoms with Crippen LogP contribution in [0.1, 0.15) is 18.3 Å². The lowest BCUT2D eigenvalue weighted by Crippen LogP contribution is -2.25. The molecule has 0 aliphatic carbocycles. The molecule has 0 fully saturated rings. The molecule has 7 nitrogen and oxygen atoms in total. The molecule has 8 heteroatoms. The van der Waals surface area contributed by atoms with Crippen molar-refractivity contribution in [3.05, 3.63) is 54.0 Å². The average molecular weight is 335 g/mol. The summed E-state index contributed by atoms with van der Waals surface area (Å²) in [5.74, 6) is 0.623. The molecule has 0 unspecified atom stereocenters. The zero-order chi connectivity index (χ0) is 16.9. The third-order valence-electron chi connectivity index (χ3n) is 3.20. The van der Waals surface area contributed by atoms with Gasteiger partial charge in [-0.25, -0.2) is 9.97 Å². The number of benzene rings is 1. The van der Waals surface area contributed by atoms with Crippen LogP contribution in [-0.4, -0.2) is 25.8 Å². The van der Waals surface area contributed by atoms with E-state index in [0.29, 0.717) is 27.9 Å². The Kier molecular flexibility index (Phi) is 4.45. The number of nitrogens with zero attached hydrogens (tertiary/aromatic N) is 4. The Morgan fingerprint density at radius 1 is 1.29 bits per heavy atom. The lowest BCUT2D eigenvalue weighted by atomic mass is 10.2. The van der Waals surface area contributed by atoms with Crippen LogP contribution in [-0.2, 0) is 0 Å². The molecular weight excluding hydrogens is 322 g/mol. The number of imidazole rings is 1. The number of aromatic amines is 1. The molecular formula is C16H13N7S. The van der Waals surface area contributed by atoms with Gasteiger partial charge in [-0.15, -0.1) is 0 Å². The van der Waals surface area contributed by atoms with Crippen molar-refractivity contribution in [3.63, 3.8) is 0 Å². The first-order valence-corrected chi connectivity index (χ1v) is 7.49. The largest absolute Gasteiger partial charge is 0.336 e. The van der Waals surface area contributed by atoms with Crippen molar-refractivity contribution in [2.45, 2.75) is 6.92 Å². The summed E-state index contributed by atoms with van der Waals surface area (Å²) in [6, 6.07) is 12.8. The van der Waals surface area contributed by atoms with E-state index in [1.165, 1.54) is 0 Å². The summed E-state index contributed by atoms with van der Waals surface area (Å²) in [6.45, 7) is 1.81. The van der Waals surface area contributed by atoms with Crippen molar-refractivity contribution in [1.82, 2.24) is 20.4 Å². The monoisotopic (exact) mass is 335 g/mol. The predicted molar refractivity (Wildman–Crippen MR) is 96.6 cm³/mol. The molecule has 2 heterocycles. The Hall–Kier alpha value is -3.31. The molecule has 0 spiro atoms. The van der Waals surface area contributed by atoms with Gasteiger partial charge < -0.3 is 10.3 Å². The van der Waals surface area contributed by atoms with Crippen molar-refractivity contribution < 1.29 is 0 Å². The summed E-state index contributed by atoms with van der Waals surface area (Å²) in [7, 11) is 0. The van der Waals surface area contributed by atoms with Crippen LogP contribution in [0.25, 0.3) is 11.2 Å². The lowest BCUT2D eigenvalue weighted by Gasteiger charge is -2.07. The summed E-state index contributed by atoms with van der Waals surface area (Å²) in [5.41, 5.74) is 6.26. The van der Waals surface area contributed by atoms with E-state index in [1.807, 2.05) is 19.1 Å². The SMILES string of the molecule is C/C(=N\NC(=S)Nc1ccc(C#N)cc1)c1nc2ncccc2[nH]1. The molecule has 0 bridgehead atoms. The first kappa shape index (κ1) is 15.6. The standard InChI is InChI=1S/C16H13N7S/c1-10(14-20-13-3-2-8-18-15(13)21-14)22-23-16(24)19-12-6-4-11(9-17)5-7-12/h2-8H,1H3,(H,18,20,21)(H2,19,23,24)/b22-10+. The molecule has 0 saturated heterocycles. The Morgan fingerprint density at radius 3 is 2.79 bits per heavy atom. The van der Waals surface area contributed by atoms with Crippen LogP contribution in [0, 0.1) is 11.3 Å². The number of thiocarbonyl (C=S) groups is 1. The van der Waals surface area contributed by atoms with Gasteiger partial charge in [-0.3, -0.25) is 5.43 Å². The zero-order valence-electron chi connectivity index (χ0n) is 12.7. The van der Waals surface area contributed by atoms with E-state index in [9.17, 15) is 0 Å². The third-order valence-corrected chi connectivity index (χ3v) is 3.39. The molecule has 3 aromatic rings. The fourth-order valence-electron chi connectivity index (χ4n) is 1.99. The highest BCUT2D eigenvalue weighted by Gasteiger charge is 2.06. The molecule has 1 aromatic carbocycles. The van der Waals surface area contributed by atoms with E-state index in [-0.39, 0.29) is 0 Å². The maximum absolute atomic E-state index is 8.78. The van der Waals surface area contributed by atoms with Crippen LogP contribution in [0.4, 0.5) is 5.69 Å². The molecule has 0 saturated carbocycles. The Morgan fingerprint density at radius 2 is 2.08 bits per heavy atom. The molecule has 24 heavy (non-hydrogen) atoms. The van der Waals surface area contributed by atoms with Gasteiger partial charge in [-0.05, 0) is 55.5 Å². The molecule has 0 radical (unpaired) electrons. The number of hydrogen-bond acceptors (Lipinski definition) is 5. The topological polar surface area (TPSA) is 102 Å². The Balaban J connectivity index is 1.65. The van der Waals surface area contributed by atoms with E-state index in [0.717, 1.165) is 11.2 Å². The highest BCUT2D eigenvalue weighted by atomic mass is 32.1. The molecule has 2 aromatic heterocycles. The van der Waals surface area contributed by atoms with E-state index >= 15 is 0 Å². The van der Waals surface area contributed by atoms with Gasteiger partial charge in [0.1, 0.15) is 5.71 Å². The summed E-state index contributed by atoms with van der Waals surface area (Å²) < 4.78 is 0. The maximum atomic E-state index is 8.78. The van der Waals surface area contributed by atoms with Crippen LogP contribution in [0.2, 0.25) is 0 Å². The van der Waals surface area contributed by atoms with E-state index in [4.69, 9.17) is 17.5 Å².